The van der Waals surface area contributed by atoms with Crippen molar-refractivity contribution in [1.29, 1.82) is 10.5 Å². The van der Waals surface area contributed by atoms with E-state index in [2.05, 4.69) is 5.32 Å². The van der Waals surface area contributed by atoms with Gasteiger partial charge in [-0.2, -0.15) is 10.5 Å². The molecule has 0 aliphatic carbocycles. The van der Waals surface area contributed by atoms with E-state index in [1.54, 1.807) is 19.2 Å². The van der Waals surface area contributed by atoms with Gasteiger partial charge in [-0.25, -0.2) is 0 Å². The third kappa shape index (κ3) is 2.57. The molecule has 20 heavy (non-hydrogen) atoms. The first-order chi connectivity index (χ1) is 9.69. The largest absolute Gasteiger partial charge is 0.493 e. The van der Waals surface area contributed by atoms with Crippen LogP contribution < -0.4 is 10.1 Å². The molecule has 1 aromatic heterocycles. The third-order valence-corrected chi connectivity index (χ3v) is 2.89. The molecule has 1 atom stereocenters. The van der Waals surface area contributed by atoms with Gasteiger partial charge in [-0.1, -0.05) is 12.1 Å². The predicted octanol–water partition coefficient (Wildman–Crippen LogP) is 3.02. The van der Waals surface area contributed by atoms with Crippen LogP contribution in [-0.2, 0) is 0 Å². The highest BCUT2D eigenvalue weighted by molar-refractivity contribution is 5.83. The maximum Gasteiger partial charge on any atom is 0.176 e. The lowest BCUT2D eigenvalue weighted by atomic mass is 10.2. The fraction of sp³-hybridized carbons (Fsp3) is 0.200. The van der Waals surface area contributed by atoms with Gasteiger partial charge in [0.05, 0.1) is 13.2 Å². The fourth-order valence-electron chi connectivity index (χ4n) is 1.81. The number of allylic oxidation sites excluding steroid dienone is 1. The lowest BCUT2D eigenvalue weighted by molar-refractivity contribution is 0.403. The second kappa shape index (κ2) is 5.81. The number of hydrogen-bond donors (Lipinski definition) is 1. The van der Waals surface area contributed by atoms with Crippen LogP contribution in [0.15, 0.2) is 40.5 Å². The van der Waals surface area contributed by atoms with Crippen LogP contribution in [0.25, 0.3) is 11.0 Å². The number of nitriles is 2. The summed E-state index contributed by atoms with van der Waals surface area (Å²) in [5.74, 6) is 1.38. The van der Waals surface area contributed by atoms with Gasteiger partial charge in [0, 0.05) is 11.6 Å². The SMILES string of the molecule is COc1cccc2cc([C@H](C)NC=C(C#N)C#N)oc12. The van der Waals surface area contributed by atoms with Crippen molar-refractivity contribution in [2.45, 2.75) is 13.0 Å². The lowest BCUT2D eigenvalue weighted by Gasteiger charge is -2.07. The minimum absolute atomic E-state index is 0.0190. The molecule has 0 radical (unpaired) electrons. The first-order valence-corrected chi connectivity index (χ1v) is 6.02. The number of methoxy groups -OCH3 is 1. The molecule has 100 valence electrons. The van der Waals surface area contributed by atoms with Crippen molar-refractivity contribution in [2.24, 2.45) is 0 Å². The molecule has 0 aliphatic rings. The monoisotopic (exact) mass is 267 g/mol. The standard InChI is InChI=1S/C15H13N3O2/c1-10(18-9-11(7-16)8-17)14-6-12-4-3-5-13(19-2)15(12)20-14/h3-6,9-10,18H,1-2H3/t10-/m0/s1. The van der Waals surface area contributed by atoms with Crippen LogP contribution in [-0.4, -0.2) is 7.11 Å². The zero-order valence-corrected chi connectivity index (χ0v) is 11.2. The molecule has 1 heterocycles. The average molecular weight is 267 g/mol. The Bertz CT molecular complexity index is 716. The molecular weight excluding hydrogens is 254 g/mol. The van der Waals surface area contributed by atoms with Crippen LogP contribution >= 0.6 is 0 Å². The number of nitrogens with zero attached hydrogens (tertiary/aromatic N) is 2. The molecule has 2 aromatic rings. The number of fused-ring (bicyclic) bond motifs is 1. The van der Waals surface area contributed by atoms with Crippen LogP contribution in [0.5, 0.6) is 5.75 Å². The second-order valence-corrected chi connectivity index (χ2v) is 4.20. The fourth-order valence-corrected chi connectivity index (χ4v) is 1.81. The predicted molar refractivity (Wildman–Crippen MR) is 73.6 cm³/mol. The number of rotatable bonds is 4. The van der Waals surface area contributed by atoms with Crippen molar-refractivity contribution >= 4 is 11.0 Å². The van der Waals surface area contributed by atoms with E-state index in [1.165, 1.54) is 6.20 Å². The molecule has 0 aliphatic heterocycles. The zero-order chi connectivity index (χ0) is 14.5. The van der Waals surface area contributed by atoms with Crippen molar-refractivity contribution in [3.05, 3.63) is 41.8 Å². The third-order valence-electron chi connectivity index (χ3n) is 2.89. The average Bonchev–Trinajstić information content (AvgIpc) is 2.92. The molecule has 0 fully saturated rings. The van der Waals surface area contributed by atoms with E-state index in [-0.39, 0.29) is 11.6 Å². The van der Waals surface area contributed by atoms with Gasteiger partial charge in [-0.15, -0.1) is 0 Å². The molecule has 0 bridgehead atoms. The molecule has 1 N–H and O–H groups in total. The maximum atomic E-state index is 8.67. The summed E-state index contributed by atoms with van der Waals surface area (Å²) in [5.41, 5.74) is 0.703. The number of benzene rings is 1. The van der Waals surface area contributed by atoms with E-state index in [0.717, 1.165) is 5.39 Å². The van der Waals surface area contributed by atoms with Crippen LogP contribution in [0.3, 0.4) is 0 Å². The van der Waals surface area contributed by atoms with Gasteiger partial charge in [0.15, 0.2) is 11.3 Å². The number of furan rings is 1. The van der Waals surface area contributed by atoms with Crippen LogP contribution in [0.4, 0.5) is 0 Å². The first kappa shape index (κ1) is 13.5. The number of para-hydroxylation sites is 1. The Hall–Kier alpha value is -2.92. The van der Waals surface area contributed by atoms with Crippen LogP contribution in [0.2, 0.25) is 0 Å². The van der Waals surface area contributed by atoms with E-state index >= 15 is 0 Å². The topological polar surface area (TPSA) is 82.0 Å². The van der Waals surface area contributed by atoms with Gasteiger partial charge in [0.1, 0.15) is 23.5 Å². The van der Waals surface area contributed by atoms with Gasteiger partial charge < -0.3 is 14.5 Å². The molecule has 0 spiro atoms. The van der Waals surface area contributed by atoms with Gasteiger partial charge in [-0.05, 0) is 19.1 Å². The number of ether oxygens (including phenoxy) is 1. The van der Waals surface area contributed by atoms with E-state index in [4.69, 9.17) is 19.7 Å². The lowest BCUT2D eigenvalue weighted by Crippen LogP contribution is -2.11. The maximum absolute atomic E-state index is 8.67. The van der Waals surface area contributed by atoms with Gasteiger partial charge in [0.2, 0.25) is 0 Å². The minimum Gasteiger partial charge on any atom is -0.493 e. The Labute approximate surface area is 116 Å². The molecule has 0 saturated heterocycles. The number of hydrogen-bond acceptors (Lipinski definition) is 5. The summed E-state index contributed by atoms with van der Waals surface area (Å²) < 4.78 is 11.0. The summed E-state index contributed by atoms with van der Waals surface area (Å²) in [6.45, 7) is 1.88. The van der Waals surface area contributed by atoms with Gasteiger partial charge in [0.25, 0.3) is 0 Å². The van der Waals surface area contributed by atoms with Crippen molar-refractivity contribution in [3.8, 4) is 17.9 Å². The van der Waals surface area contributed by atoms with E-state index in [1.807, 2.05) is 31.2 Å². The smallest absolute Gasteiger partial charge is 0.176 e. The van der Waals surface area contributed by atoms with E-state index < -0.39 is 0 Å². The summed E-state index contributed by atoms with van der Waals surface area (Å²) in [6, 6.07) is 11.0. The Morgan fingerprint density at radius 2 is 2.15 bits per heavy atom. The summed E-state index contributed by atoms with van der Waals surface area (Å²) in [6.07, 6.45) is 1.38. The Balaban J connectivity index is 2.28. The van der Waals surface area contributed by atoms with Gasteiger partial charge >= 0.3 is 0 Å². The summed E-state index contributed by atoms with van der Waals surface area (Å²) in [5, 5.41) is 21.2. The van der Waals surface area contributed by atoms with Crippen LogP contribution in [0, 0.1) is 22.7 Å². The first-order valence-electron chi connectivity index (χ1n) is 6.02. The molecule has 2 rings (SSSR count). The molecule has 0 amide bonds. The molecule has 5 nitrogen and oxygen atoms in total. The summed E-state index contributed by atoms with van der Waals surface area (Å²) in [4.78, 5) is 0. The summed E-state index contributed by atoms with van der Waals surface area (Å²) >= 11 is 0. The van der Waals surface area contributed by atoms with Crippen molar-refractivity contribution in [1.82, 2.24) is 5.32 Å². The minimum atomic E-state index is -0.163. The molecule has 5 heteroatoms. The highest BCUT2D eigenvalue weighted by Crippen LogP contribution is 2.30. The molecule has 1 aromatic carbocycles. The van der Waals surface area contributed by atoms with Crippen LogP contribution in [0.1, 0.15) is 18.7 Å². The highest BCUT2D eigenvalue weighted by atomic mass is 16.5. The van der Waals surface area contributed by atoms with E-state index in [9.17, 15) is 0 Å². The van der Waals surface area contributed by atoms with Crippen molar-refractivity contribution in [2.75, 3.05) is 7.11 Å². The quantitative estimate of drug-likeness (QED) is 0.861. The Morgan fingerprint density at radius 3 is 2.80 bits per heavy atom. The molecular formula is C15H13N3O2. The second-order valence-electron chi connectivity index (χ2n) is 4.20. The van der Waals surface area contributed by atoms with Crippen molar-refractivity contribution < 1.29 is 9.15 Å². The zero-order valence-electron chi connectivity index (χ0n) is 11.2. The summed E-state index contributed by atoms with van der Waals surface area (Å²) in [7, 11) is 1.59. The van der Waals surface area contributed by atoms with Gasteiger partial charge in [-0.3, -0.25) is 0 Å². The van der Waals surface area contributed by atoms with Crippen molar-refractivity contribution in [3.63, 3.8) is 0 Å². The Morgan fingerprint density at radius 1 is 1.40 bits per heavy atom. The number of nitrogens with one attached hydrogen (secondary N) is 1. The molecule has 0 unspecified atom stereocenters. The Kier molecular flexibility index (Phi) is 3.93. The van der Waals surface area contributed by atoms with E-state index in [0.29, 0.717) is 17.1 Å². The highest BCUT2D eigenvalue weighted by Gasteiger charge is 2.13. The normalized spacial score (nSPS) is 11.2. The molecule has 0 saturated carbocycles.